The summed E-state index contributed by atoms with van der Waals surface area (Å²) in [6.07, 6.45) is 7.28. The number of hydrogen-bond acceptors (Lipinski definition) is 5. The van der Waals surface area contributed by atoms with E-state index in [0.717, 1.165) is 6.20 Å². The van der Waals surface area contributed by atoms with Crippen LogP contribution in [0, 0.1) is 5.82 Å². The third-order valence-electron chi connectivity index (χ3n) is 2.35. The van der Waals surface area contributed by atoms with Crippen LogP contribution >= 0.6 is 11.6 Å². The van der Waals surface area contributed by atoms with Crippen LogP contribution in [0.3, 0.4) is 0 Å². The first kappa shape index (κ1) is 11.7. The Morgan fingerprint density at radius 1 is 1.11 bits per heavy atom. The van der Waals surface area contributed by atoms with Crippen LogP contribution in [0.4, 0.5) is 4.39 Å². The van der Waals surface area contributed by atoms with E-state index >= 15 is 0 Å². The summed E-state index contributed by atoms with van der Waals surface area (Å²) in [7, 11) is 0. The first-order valence-corrected chi connectivity index (χ1v) is 5.61. The predicted molar refractivity (Wildman–Crippen MR) is 65.1 cm³/mol. The van der Waals surface area contributed by atoms with Gasteiger partial charge >= 0.3 is 0 Å². The Bertz CT molecular complexity index is 715. The average molecular weight is 277 g/mol. The third-order valence-corrected chi connectivity index (χ3v) is 2.51. The Labute approximate surface area is 112 Å². The molecule has 0 bridgehead atoms. The minimum absolute atomic E-state index is 0.0232. The molecule has 0 radical (unpaired) electrons. The van der Waals surface area contributed by atoms with Gasteiger partial charge in [0.1, 0.15) is 6.33 Å². The Balaban J connectivity index is 2.16. The first-order chi connectivity index (χ1) is 9.24. The Morgan fingerprint density at radius 3 is 2.74 bits per heavy atom. The summed E-state index contributed by atoms with van der Waals surface area (Å²) in [5.41, 5.74) is 0.209. The van der Waals surface area contributed by atoms with E-state index in [1.54, 1.807) is 17.0 Å². The molecular formula is C11H6ClFN6. The van der Waals surface area contributed by atoms with E-state index in [1.807, 2.05) is 0 Å². The van der Waals surface area contributed by atoms with Crippen molar-refractivity contribution in [3.63, 3.8) is 0 Å². The Morgan fingerprint density at radius 2 is 2.00 bits per heavy atom. The van der Waals surface area contributed by atoms with Gasteiger partial charge in [0.15, 0.2) is 11.6 Å². The van der Waals surface area contributed by atoms with Crippen LogP contribution in [0.1, 0.15) is 0 Å². The maximum absolute atomic E-state index is 13.7. The zero-order valence-electron chi connectivity index (χ0n) is 9.40. The monoisotopic (exact) mass is 276 g/mol. The normalized spacial score (nSPS) is 10.6. The molecular weight excluding hydrogens is 271 g/mol. The molecule has 0 fully saturated rings. The first-order valence-electron chi connectivity index (χ1n) is 5.24. The summed E-state index contributed by atoms with van der Waals surface area (Å²) in [4.78, 5) is 19.6. The zero-order valence-corrected chi connectivity index (χ0v) is 10.2. The van der Waals surface area contributed by atoms with Gasteiger partial charge in [0.05, 0.1) is 11.8 Å². The van der Waals surface area contributed by atoms with E-state index < -0.39 is 5.82 Å². The van der Waals surface area contributed by atoms with Gasteiger partial charge in [0.25, 0.3) is 0 Å². The van der Waals surface area contributed by atoms with E-state index in [1.165, 1.54) is 18.6 Å². The number of pyridine rings is 1. The molecule has 19 heavy (non-hydrogen) atoms. The van der Waals surface area contributed by atoms with Crippen molar-refractivity contribution in [2.24, 2.45) is 0 Å². The van der Waals surface area contributed by atoms with Crippen molar-refractivity contribution in [3.05, 3.63) is 48.3 Å². The van der Waals surface area contributed by atoms with Crippen LogP contribution in [0.2, 0.25) is 5.28 Å². The van der Waals surface area contributed by atoms with E-state index in [4.69, 9.17) is 11.6 Å². The van der Waals surface area contributed by atoms with Gasteiger partial charge in [-0.05, 0) is 17.7 Å². The maximum Gasteiger partial charge on any atom is 0.239 e. The van der Waals surface area contributed by atoms with E-state index in [9.17, 15) is 4.39 Å². The molecule has 3 rings (SSSR count). The van der Waals surface area contributed by atoms with Crippen LogP contribution in [-0.4, -0.2) is 29.5 Å². The lowest BCUT2D eigenvalue weighted by atomic mass is 10.2. The third kappa shape index (κ3) is 2.27. The molecule has 94 valence electrons. The number of halogens is 2. The molecule has 0 atom stereocenters. The summed E-state index contributed by atoms with van der Waals surface area (Å²) < 4.78 is 15.2. The molecule has 0 aliphatic heterocycles. The van der Waals surface area contributed by atoms with Gasteiger partial charge in [-0.2, -0.15) is 15.0 Å². The molecule has 0 aliphatic carbocycles. The quantitative estimate of drug-likeness (QED) is 0.715. The number of imidazole rings is 1. The average Bonchev–Trinajstić information content (AvgIpc) is 2.92. The number of aromatic nitrogens is 6. The molecule has 0 amide bonds. The van der Waals surface area contributed by atoms with Crippen LogP contribution in [0.15, 0.2) is 37.2 Å². The zero-order chi connectivity index (χ0) is 13.2. The van der Waals surface area contributed by atoms with Crippen molar-refractivity contribution in [3.8, 4) is 17.3 Å². The van der Waals surface area contributed by atoms with Crippen molar-refractivity contribution >= 4 is 11.6 Å². The largest absolute Gasteiger partial charge is 0.274 e. The second kappa shape index (κ2) is 4.69. The topological polar surface area (TPSA) is 69.4 Å². The highest BCUT2D eigenvalue weighted by atomic mass is 35.5. The molecule has 0 unspecified atom stereocenters. The summed E-state index contributed by atoms with van der Waals surface area (Å²) in [6, 6.07) is 1.47. The maximum atomic E-state index is 13.7. The summed E-state index contributed by atoms with van der Waals surface area (Å²) in [5.74, 6) is -0.117. The molecule has 8 heteroatoms. The van der Waals surface area contributed by atoms with Crippen LogP contribution in [-0.2, 0) is 0 Å². The minimum atomic E-state index is -0.527. The highest BCUT2D eigenvalue weighted by molar-refractivity contribution is 6.28. The van der Waals surface area contributed by atoms with Crippen molar-refractivity contribution < 1.29 is 4.39 Å². The summed E-state index contributed by atoms with van der Waals surface area (Å²) in [6.45, 7) is 0. The van der Waals surface area contributed by atoms with Crippen molar-refractivity contribution in [1.82, 2.24) is 29.5 Å². The highest BCUT2D eigenvalue weighted by Gasteiger charge is 2.12. The van der Waals surface area contributed by atoms with Gasteiger partial charge in [0.2, 0.25) is 11.2 Å². The fourth-order valence-corrected chi connectivity index (χ4v) is 1.67. The number of hydrogen-bond donors (Lipinski definition) is 0. The van der Waals surface area contributed by atoms with Crippen molar-refractivity contribution in [1.29, 1.82) is 0 Å². The van der Waals surface area contributed by atoms with Crippen molar-refractivity contribution in [2.75, 3.05) is 0 Å². The molecule has 6 nitrogen and oxygen atoms in total. The fourth-order valence-electron chi connectivity index (χ4n) is 1.51. The van der Waals surface area contributed by atoms with Crippen molar-refractivity contribution in [2.45, 2.75) is 0 Å². The summed E-state index contributed by atoms with van der Waals surface area (Å²) in [5, 5.41) is -0.0232. The van der Waals surface area contributed by atoms with Gasteiger partial charge in [-0.1, -0.05) is 0 Å². The molecule has 3 aromatic heterocycles. The van der Waals surface area contributed by atoms with Gasteiger partial charge in [0, 0.05) is 18.6 Å². The van der Waals surface area contributed by atoms with Gasteiger partial charge in [-0.3, -0.25) is 9.55 Å². The second-order valence-corrected chi connectivity index (χ2v) is 3.89. The van der Waals surface area contributed by atoms with Gasteiger partial charge in [-0.25, -0.2) is 9.37 Å². The van der Waals surface area contributed by atoms with E-state index in [2.05, 4.69) is 24.9 Å². The van der Waals surface area contributed by atoms with Crippen LogP contribution in [0.25, 0.3) is 17.3 Å². The lowest BCUT2D eigenvalue weighted by Gasteiger charge is -2.05. The predicted octanol–water partition coefficient (Wildman–Crippen LogP) is 1.91. The minimum Gasteiger partial charge on any atom is -0.274 e. The molecule has 0 N–H and O–H groups in total. The van der Waals surface area contributed by atoms with Crippen LogP contribution in [0.5, 0.6) is 0 Å². The number of nitrogens with zero attached hydrogens (tertiary/aromatic N) is 6. The lowest BCUT2D eigenvalue weighted by molar-refractivity contribution is 0.623. The van der Waals surface area contributed by atoms with E-state index in [0.29, 0.717) is 0 Å². The molecule has 0 aromatic carbocycles. The second-order valence-electron chi connectivity index (χ2n) is 3.55. The molecule has 0 saturated heterocycles. The fraction of sp³-hybridized carbons (Fsp3) is 0. The van der Waals surface area contributed by atoms with E-state index in [-0.39, 0.29) is 22.6 Å². The highest BCUT2D eigenvalue weighted by Crippen LogP contribution is 2.19. The molecule has 0 aliphatic rings. The smallest absolute Gasteiger partial charge is 0.239 e. The molecule has 3 heterocycles. The standard InChI is InChI=1S/C11H6ClFN6/c12-10-16-9(7-1-2-14-5-8(7)13)17-11(18-10)19-4-3-15-6-19/h1-6H. The number of rotatable bonds is 2. The Hall–Kier alpha value is -2.41. The lowest BCUT2D eigenvalue weighted by Crippen LogP contribution is -2.03. The van der Waals surface area contributed by atoms with Gasteiger partial charge in [-0.15, -0.1) is 0 Å². The molecule has 0 saturated carbocycles. The van der Waals surface area contributed by atoms with Crippen LogP contribution < -0.4 is 0 Å². The molecule has 3 aromatic rings. The SMILES string of the molecule is Fc1cnccc1-c1nc(Cl)nc(-n2ccnc2)n1. The van der Waals surface area contributed by atoms with Gasteiger partial charge < -0.3 is 0 Å². The summed E-state index contributed by atoms with van der Waals surface area (Å²) >= 11 is 5.84. The Kier molecular flexibility index (Phi) is 2.88. The molecule has 0 spiro atoms.